The molecule has 2 aromatic carbocycles. The Bertz CT molecular complexity index is 1320. The molecular formula is C26H22F2N4O5. The molecule has 37 heavy (non-hydrogen) atoms. The van der Waals surface area contributed by atoms with Crippen molar-refractivity contribution in [2.24, 2.45) is 0 Å². The van der Waals surface area contributed by atoms with Crippen molar-refractivity contribution in [3.05, 3.63) is 101 Å². The summed E-state index contributed by atoms with van der Waals surface area (Å²) in [5.74, 6) is -4.49. The summed E-state index contributed by atoms with van der Waals surface area (Å²) in [6.45, 7) is -0.0351. The van der Waals surface area contributed by atoms with Gasteiger partial charge in [-0.25, -0.2) is 8.78 Å². The minimum atomic E-state index is -1.46. The van der Waals surface area contributed by atoms with Gasteiger partial charge in [-0.15, -0.1) is 0 Å². The normalized spacial score (nSPS) is 15.8. The van der Waals surface area contributed by atoms with Crippen LogP contribution in [0.25, 0.3) is 0 Å². The highest BCUT2D eigenvalue weighted by molar-refractivity contribution is 6.02. The fraction of sp³-hybridized carbons (Fsp3) is 0.192. The fourth-order valence-electron chi connectivity index (χ4n) is 4.15. The average molecular weight is 508 g/mol. The first kappa shape index (κ1) is 25.4. The van der Waals surface area contributed by atoms with Crippen molar-refractivity contribution >= 4 is 23.7 Å². The molecule has 0 aliphatic carbocycles. The summed E-state index contributed by atoms with van der Waals surface area (Å²) >= 11 is 0. The van der Waals surface area contributed by atoms with Gasteiger partial charge in [0.15, 0.2) is 6.17 Å². The van der Waals surface area contributed by atoms with Gasteiger partial charge >= 0.3 is 5.97 Å². The topological polar surface area (TPSA) is 120 Å². The largest absolute Gasteiger partial charge is 0.481 e. The molecule has 3 amide bonds. The minimum absolute atomic E-state index is 0.00693. The number of benzene rings is 2. The maximum absolute atomic E-state index is 13.8. The van der Waals surface area contributed by atoms with Crippen LogP contribution in [-0.2, 0) is 9.59 Å². The number of hydrogen-bond acceptors (Lipinski definition) is 5. The third-order valence-electron chi connectivity index (χ3n) is 5.88. The average Bonchev–Trinajstić information content (AvgIpc) is 3.33. The maximum atomic E-state index is 13.8. The highest BCUT2D eigenvalue weighted by Gasteiger charge is 2.44. The van der Waals surface area contributed by atoms with Crippen molar-refractivity contribution in [1.29, 1.82) is 0 Å². The van der Waals surface area contributed by atoms with E-state index in [0.717, 1.165) is 23.1 Å². The number of hydrogen-bond donors (Lipinski definition) is 2. The zero-order valence-electron chi connectivity index (χ0n) is 19.4. The molecule has 1 aliphatic rings. The fourth-order valence-corrected chi connectivity index (χ4v) is 4.15. The first-order valence-electron chi connectivity index (χ1n) is 11.3. The van der Waals surface area contributed by atoms with E-state index in [4.69, 9.17) is 0 Å². The van der Waals surface area contributed by atoms with Gasteiger partial charge in [0.1, 0.15) is 11.6 Å². The molecule has 1 saturated heterocycles. The number of carbonyl (C=O) groups excluding carboxylic acids is 3. The lowest BCUT2D eigenvalue weighted by Crippen LogP contribution is -2.54. The molecule has 1 aromatic heterocycles. The van der Waals surface area contributed by atoms with Crippen LogP contribution in [0.4, 0.5) is 8.78 Å². The second-order valence-electron chi connectivity index (χ2n) is 8.33. The van der Waals surface area contributed by atoms with E-state index in [1.54, 1.807) is 6.07 Å². The SMILES string of the molecule is O=C(O)CC(NC(=O)C1N(C(=O)c2cccnc2)CCN1C(=O)c1cccc(F)c1)c1ccc(F)cc1. The Morgan fingerprint density at radius 3 is 2.16 bits per heavy atom. The van der Waals surface area contributed by atoms with Crippen LogP contribution < -0.4 is 5.32 Å². The van der Waals surface area contributed by atoms with Gasteiger partial charge in [0.05, 0.1) is 18.0 Å². The summed E-state index contributed by atoms with van der Waals surface area (Å²) in [7, 11) is 0. The molecule has 2 unspecified atom stereocenters. The number of nitrogens with one attached hydrogen (secondary N) is 1. The molecule has 2 heterocycles. The quantitative estimate of drug-likeness (QED) is 0.506. The van der Waals surface area contributed by atoms with Crippen molar-refractivity contribution in [2.45, 2.75) is 18.6 Å². The molecule has 9 nitrogen and oxygen atoms in total. The standard InChI is InChI=1S/C26H22F2N4O5/c27-19-8-6-16(7-9-19)21(14-22(33)34)30-23(35)24-31(25(36)17-3-1-5-20(28)13-17)11-12-32(24)26(37)18-4-2-10-29-15-18/h1-10,13,15,21,24H,11-12,14H2,(H,30,35)(H,33,34). The van der Waals surface area contributed by atoms with Gasteiger partial charge in [0.25, 0.3) is 17.7 Å². The van der Waals surface area contributed by atoms with Crippen LogP contribution in [0, 0.1) is 11.6 Å². The Labute approximate surface area is 210 Å². The van der Waals surface area contributed by atoms with Crippen molar-refractivity contribution in [3.63, 3.8) is 0 Å². The van der Waals surface area contributed by atoms with Crippen molar-refractivity contribution in [3.8, 4) is 0 Å². The molecule has 1 fully saturated rings. The van der Waals surface area contributed by atoms with Crippen LogP contribution in [0.2, 0.25) is 0 Å². The number of carboxylic acid groups (broad SMARTS) is 1. The second kappa shape index (κ2) is 10.9. The van der Waals surface area contributed by atoms with E-state index < -0.39 is 54.0 Å². The summed E-state index contributed by atoms with van der Waals surface area (Å²) in [5.41, 5.74) is 0.485. The lowest BCUT2D eigenvalue weighted by Gasteiger charge is -2.31. The molecule has 0 saturated carbocycles. The first-order valence-corrected chi connectivity index (χ1v) is 11.3. The van der Waals surface area contributed by atoms with Gasteiger partial charge in [-0.1, -0.05) is 18.2 Å². The van der Waals surface area contributed by atoms with Crippen molar-refractivity contribution in [2.75, 3.05) is 13.1 Å². The molecule has 2 atom stereocenters. The van der Waals surface area contributed by atoms with E-state index in [1.807, 2.05) is 0 Å². The number of aromatic nitrogens is 1. The number of amides is 3. The molecule has 11 heteroatoms. The zero-order valence-corrected chi connectivity index (χ0v) is 19.4. The molecular weight excluding hydrogens is 486 g/mol. The zero-order chi connectivity index (χ0) is 26.5. The predicted molar refractivity (Wildman–Crippen MR) is 126 cm³/mol. The number of pyridine rings is 1. The number of carboxylic acids is 1. The van der Waals surface area contributed by atoms with Crippen molar-refractivity contribution in [1.82, 2.24) is 20.1 Å². The Morgan fingerprint density at radius 2 is 1.57 bits per heavy atom. The molecule has 2 N–H and O–H groups in total. The minimum Gasteiger partial charge on any atom is -0.481 e. The van der Waals surface area contributed by atoms with Gasteiger partial charge in [-0.3, -0.25) is 24.2 Å². The third kappa shape index (κ3) is 5.77. The summed E-state index contributed by atoms with van der Waals surface area (Å²) in [6.07, 6.45) is 0.808. The number of rotatable bonds is 7. The summed E-state index contributed by atoms with van der Waals surface area (Å²) < 4.78 is 27.2. The third-order valence-corrected chi connectivity index (χ3v) is 5.88. The molecule has 190 valence electrons. The molecule has 4 rings (SSSR count). The number of halogens is 2. The van der Waals surface area contributed by atoms with E-state index in [0.29, 0.717) is 5.56 Å². The number of nitrogens with zero attached hydrogens (tertiary/aromatic N) is 3. The first-order chi connectivity index (χ1) is 17.7. The lowest BCUT2D eigenvalue weighted by molar-refractivity contribution is -0.138. The highest BCUT2D eigenvalue weighted by Crippen LogP contribution is 2.24. The van der Waals surface area contributed by atoms with Crippen LogP contribution >= 0.6 is 0 Å². The number of aliphatic carboxylic acids is 1. The van der Waals surface area contributed by atoms with Crippen LogP contribution in [0.3, 0.4) is 0 Å². The van der Waals surface area contributed by atoms with E-state index >= 15 is 0 Å². The highest BCUT2D eigenvalue weighted by atomic mass is 19.1. The van der Waals surface area contributed by atoms with E-state index in [2.05, 4.69) is 10.3 Å². The molecule has 3 aromatic rings. The Balaban J connectivity index is 1.68. The summed E-state index contributed by atoms with van der Waals surface area (Å²) in [5, 5.41) is 12.0. The Hall–Kier alpha value is -4.67. The van der Waals surface area contributed by atoms with Crippen LogP contribution in [0.5, 0.6) is 0 Å². The van der Waals surface area contributed by atoms with E-state index in [1.165, 1.54) is 53.7 Å². The second-order valence-corrected chi connectivity index (χ2v) is 8.33. The van der Waals surface area contributed by atoms with Gasteiger partial charge in [0, 0.05) is 31.0 Å². The van der Waals surface area contributed by atoms with Crippen LogP contribution in [0.1, 0.15) is 38.7 Å². The number of carbonyl (C=O) groups is 4. The van der Waals surface area contributed by atoms with Crippen LogP contribution in [-0.4, -0.2) is 62.8 Å². The summed E-state index contributed by atoms with van der Waals surface area (Å²) in [6, 6.07) is 11.8. The smallest absolute Gasteiger partial charge is 0.305 e. The monoisotopic (exact) mass is 508 g/mol. The molecule has 0 bridgehead atoms. The van der Waals surface area contributed by atoms with Gasteiger partial charge in [-0.05, 0) is 48.0 Å². The van der Waals surface area contributed by atoms with Crippen LogP contribution in [0.15, 0.2) is 73.1 Å². The van der Waals surface area contributed by atoms with Gasteiger partial charge < -0.3 is 20.2 Å². The maximum Gasteiger partial charge on any atom is 0.305 e. The molecule has 0 radical (unpaired) electrons. The molecule has 1 aliphatic heterocycles. The van der Waals surface area contributed by atoms with Gasteiger partial charge in [0.2, 0.25) is 0 Å². The van der Waals surface area contributed by atoms with E-state index in [9.17, 15) is 33.1 Å². The summed E-state index contributed by atoms with van der Waals surface area (Å²) in [4.78, 5) is 57.8. The van der Waals surface area contributed by atoms with Crippen molar-refractivity contribution < 1.29 is 33.1 Å². The lowest BCUT2D eigenvalue weighted by atomic mass is 10.0. The Kier molecular flexibility index (Phi) is 7.52. The Morgan fingerprint density at radius 1 is 0.919 bits per heavy atom. The molecule has 0 spiro atoms. The predicted octanol–water partition coefficient (Wildman–Crippen LogP) is 2.62. The van der Waals surface area contributed by atoms with Gasteiger partial charge in [-0.2, -0.15) is 0 Å². The van der Waals surface area contributed by atoms with E-state index in [-0.39, 0.29) is 24.2 Å².